The number of guanidine groups is 1. The van der Waals surface area contributed by atoms with Gasteiger partial charge in [-0.3, -0.25) is 0 Å². The van der Waals surface area contributed by atoms with Crippen molar-refractivity contribution in [3.05, 3.63) is 30.9 Å². The average Bonchev–Trinajstić information content (AvgIpc) is 2.53. The van der Waals surface area contributed by atoms with Crippen LogP contribution >= 0.6 is 0 Å². The predicted molar refractivity (Wildman–Crippen MR) is 88.9 cm³/mol. The Hall–Kier alpha value is -2.02. The molecule has 2 N–H and O–H groups in total. The first-order valence-corrected chi connectivity index (χ1v) is 8.93. The monoisotopic (exact) mass is 320 g/mol. The Morgan fingerprint density at radius 1 is 1.27 bits per heavy atom. The summed E-state index contributed by atoms with van der Waals surface area (Å²) in [5.74, 6) is 0.234. The lowest BCUT2D eigenvalue weighted by Crippen LogP contribution is -2.41. The van der Waals surface area contributed by atoms with Crippen LogP contribution in [-0.2, 0) is 10.0 Å². The molecule has 7 heteroatoms. The van der Waals surface area contributed by atoms with Gasteiger partial charge in [-0.05, 0) is 37.5 Å². The van der Waals surface area contributed by atoms with E-state index in [1.165, 1.54) is 6.42 Å². The molecule has 0 aromatic heterocycles. The highest BCUT2D eigenvalue weighted by molar-refractivity contribution is 7.90. The molecule has 0 saturated carbocycles. The maximum Gasteiger partial charge on any atom is 0.266 e. The van der Waals surface area contributed by atoms with Gasteiger partial charge in [-0.25, -0.2) is 18.1 Å². The fraction of sp³-hybridized carbons (Fsp3) is 0.400. The molecule has 2 heterocycles. The molecule has 22 heavy (non-hydrogen) atoms. The van der Waals surface area contributed by atoms with Crippen LogP contribution in [0.2, 0.25) is 0 Å². The van der Waals surface area contributed by atoms with E-state index >= 15 is 0 Å². The van der Waals surface area contributed by atoms with Crippen molar-refractivity contribution >= 4 is 27.4 Å². The molecule has 2 aliphatic heterocycles. The van der Waals surface area contributed by atoms with Gasteiger partial charge in [-0.15, -0.1) is 6.58 Å². The van der Waals surface area contributed by atoms with Crippen LogP contribution in [0.25, 0.3) is 0 Å². The van der Waals surface area contributed by atoms with E-state index in [-0.39, 0.29) is 10.9 Å². The van der Waals surface area contributed by atoms with Crippen molar-refractivity contribution in [3.63, 3.8) is 0 Å². The van der Waals surface area contributed by atoms with Gasteiger partial charge in [0.05, 0.1) is 12.2 Å². The van der Waals surface area contributed by atoms with E-state index in [4.69, 9.17) is 0 Å². The molecule has 0 bridgehead atoms. The molecule has 1 aromatic rings. The third-order valence-electron chi connectivity index (χ3n) is 3.84. The van der Waals surface area contributed by atoms with Crippen molar-refractivity contribution < 1.29 is 8.42 Å². The second-order valence-electron chi connectivity index (χ2n) is 5.44. The van der Waals surface area contributed by atoms with Gasteiger partial charge >= 0.3 is 0 Å². The zero-order valence-electron chi connectivity index (χ0n) is 12.4. The number of sulfonamides is 1. The minimum absolute atomic E-state index is 0.234. The molecule has 0 aliphatic carbocycles. The second-order valence-corrected chi connectivity index (χ2v) is 7.09. The molecule has 0 unspecified atom stereocenters. The largest absolute Gasteiger partial charge is 0.371 e. The summed E-state index contributed by atoms with van der Waals surface area (Å²) >= 11 is 0. The van der Waals surface area contributed by atoms with Crippen molar-refractivity contribution in [2.45, 2.75) is 24.2 Å². The SMILES string of the molecule is C=CCN=C1Nc2ccc(N3CCCCC3)cc2S(=O)(=O)N1. The van der Waals surface area contributed by atoms with Crippen LogP contribution in [0, 0.1) is 0 Å². The van der Waals surface area contributed by atoms with Crippen LogP contribution in [0.5, 0.6) is 0 Å². The van der Waals surface area contributed by atoms with E-state index in [1.54, 1.807) is 18.2 Å². The van der Waals surface area contributed by atoms with Gasteiger partial charge in [0.25, 0.3) is 10.0 Å². The van der Waals surface area contributed by atoms with Gasteiger partial charge in [0.2, 0.25) is 5.96 Å². The number of piperidine rings is 1. The van der Waals surface area contributed by atoms with Gasteiger partial charge < -0.3 is 10.2 Å². The molecule has 1 saturated heterocycles. The fourth-order valence-electron chi connectivity index (χ4n) is 2.75. The quantitative estimate of drug-likeness (QED) is 0.835. The summed E-state index contributed by atoms with van der Waals surface area (Å²) in [6.45, 7) is 5.88. The number of benzene rings is 1. The first-order chi connectivity index (χ1) is 10.6. The molecule has 6 nitrogen and oxygen atoms in total. The number of nitrogens with one attached hydrogen (secondary N) is 2. The Morgan fingerprint density at radius 2 is 2.05 bits per heavy atom. The van der Waals surface area contributed by atoms with Crippen LogP contribution < -0.4 is 14.9 Å². The Labute approximate surface area is 131 Å². The molecule has 0 radical (unpaired) electrons. The third kappa shape index (κ3) is 2.94. The Bertz CT molecular complexity index is 706. The first-order valence-electron chi connectivity index (χ1n) is 7.44. The maximum absolute atomic E-state index is 12.4. The Kier molecular flexibility index (Phi) is 4.06. The van der Waals surface area contributed by atoms with Gasteiger partial charge in [0.15, 0.2) is 0 Å². The number of hydrogen-bond acceptors (Lipinski definition) is 4. The lowest BCUT2D eigenvalue weighted by molar-refractivity contribution is 0.576. The van der Waals surface area contributed by atoms with Gasteiger partial charge in [-0.2, -0.15) is 0 Å². The number of rotatable bonds is 3. The third-order valence-corrected chi connectivity index (χ3v) is 5.22. The zero-order chi connectivity index (χ0) is 15.6. The van der Waals surface area contributed by atoms with Crippen LogP contribution in [0.15, 0.2) is 40.7 Å². The fourth-order valence-corrected chi connectivity index (χ4v) is 3.91. The van der Waals surface area contributed by atoms with Crippen LogP contribution in [0.3, 0.4) is 0 Å². The number of aliphatic imine (C=N–C) groups is 1. The first kappa shape index (κ1) is 14.9. The summed E-state index contributed by atoms with van der Waals surface area (Å²) in [6, 6.07) is 5.50. The molecule has 1 aromatic carbocycles. The summed E-state index contributed by atoms with van der Waals surface area (Å²) in [5, 5.41) is 3.01. The van der Waals surface area contributed by atoms with Crippen molar-refractivity contribution in [2.24, 2.45) is 4.99 Å². The van der Waals surface area contributed by atoms with E-state index in [0.29, 0.717) is 12.2 Å². The summed E-state index contributed by atoms with van der Waals surface area (Å²) in [4.78, 5) is 6.60. The predicted octanol–water partition coefficient (Wildman–Crippen LogP) is 1.92. The highest BCUT2D eigenvalue weighted by Crippen LogP contribution is 2.30. The standard InChI is InChI=1S/C15H20N4O2S/c1-2-8-16-15-17-13-7-6-12(19-9-4-3-5-10-19)11-14(13)22(20,21)18-15/h2,6-7,11H,1,3-5,8-10H2,(H2,16,17,18). The minimum Gasteiger partial charge on any atom is -0.371 e. The molecule has 2 aliphatic rings. The zero-order valence-corrected chi connectivity index (χ0v) is 13.2. The Balaban J connectivity index is 1.93. The molecule has 118 valence electrons. The van der Waals surface area contributed by atoms with E-state index in [1.807, 2.05) is 6.07 Å². The van der Waals surface area contributed by atoms with Crippen LogP contribution in [0.4, 0.5) is 11.4 Å². The van der Waals surface area contributed by atoms with Crippen molar-refractivity contribution in [1.82, 2.24) is 4.72 Å². The van der Waals surface area contributed by atoms with Crippen molar-refractivity contribution in [1.29, 1.82) is 0 Å². The van der Waals surface area contributed by atoms with E-state index in [9.17, 15) is 8.42 Å². The summed E-state index contributed by atoms with van der Waals surface area (Å²) in [6.07, 6.45) is 5.15. The minimum atomic E-state index is -3.59. The molecule has 0 atom stereocenters. The molecule has 0 spiro atoms. The van der Waals surface area contributed by atoms with E-state index < -0.39 is 10.0 Å². The highest BCUT2D eigenvalue weighted by atomic mass is 32.2. The molecule has 3 rings (SSSR count). The topological polar surface area (TPSA) is 73.8 Å². The lowest BCUT2D eigenvalue weighted by atomic mass is 10.1. The summed E-state index contributed by atoms with van der Waals surface area (Å²) in [5.41, 5.74) is 1.51. The lowest BCUT2D eigenvalue weighted by Gasteiger charge is -2.30. The van der Waals surface area contributed by atoms with Gasteiger partial charge in [0, 0.05) is 18.8 Å². The number of hydrogen-bond donors (Lipinski definition) is 2. The normalized spacial score (nSPS) is 21.6. The van der Waals surface area contributed by atoms with Crippen molar-refractivity contribution in [3.8, 4) is 0 Å². The number of nitrogens with zero attached hydrogens (tertiary/aromatic N) is 2. The van der Waals surface area contributed by atoms with E-state index in [2.05, 4.69) is 26.5 Å². The number of anilines is 2. The van der Waals surface area contributed by atoms with Crippen LogP contribution in [0.1, 0.15) is 19.3 Å². The van der Waals surface area contributed by atoms with Gasteiger partial charge in [-0.1, -0.05) is 6.08 Å². The van der Waals surface area contributed by atoms with Gasteiger partial charge in [0.1, 0.15) is 4.90 Å². The Morgan fingerprint density at radius 3 is 2.77 bits per heavy atom. The summed E-state index contributed by atoms with van der Waals surface area (Å²) < 4.78 is 27.3. The van der Waals surface area contributed by atoms with E-state index in [0.717, 1.165) is 31.6 Å². The maximum atomic E-state index is 12.4. The molecule has 0 amide bonds. The molecular weight excluding hydrogens is 300 g/mol. The molecular formula is C15H20N4O2S. The molecule has 1 fully saturated rings. The van der Waals surface area contributed by atoms with Crippen molar-refractivity contribution in [2.75, 3.05) is 29.9 Å². The van der Waals surface area contributed by atoms with Crippen LogP contribution in [-0.4, -0.2) is 34.0 Å². The summed E-state index contributed by atoms with van der Waals surface area (Å²) in [7, 11) is -3.59. The average molecular weight is 320 g/mol. The number of fused-ring (bicyclic) bond motifs is 1. The second kappa shape index (κ2) is 6.00. The smallest absolute Gasteiger partial charge is 0.266 e. The highest BCUT2D eigenvalue weighted by Gasteiger charge is 2.27.